The summed E-state index contributed by atoms with van der Waals surface area (Å²) in [6.07, 6.45) is 0. The molecule has 8 heteroatoms. The number of nitrogens with zero attached hydrogens (tertiary/aromatic N) is 4. The Balaban J connectivity index is 2.06. The number of benzene rings is 2. The Morgan fingerprint density at radius 3 is 1.75 bits per heavy atom. The van der Waals surface area contributed by atoms with E-state index in [0.29, 0.717) is 24.5 Å². The topological polar surface area (TPSA) is 123 Å². The molecule has 2 rings (SSSR count). The van der Waals surface area contributed by atoms with Crippen molar-refractivity contribution in [3.05, 3.63) is 58.6 Å². The fraction of sp³-hybridized carbons (Fsp3) is 0.250. The molecule has 8 nitrogen and oxygen atoms in total. The third kappa shape index (κ3) is 4.83. The summed E-state index contributed by atoms with van der Waals surface area (Å²) in [5.41, 5.74) is 13.5. The van der Waals surface area contributed by atoms with Gasteiger partial charge in [-0.1, -0.05) is 0 Å². The average Bonchev–Trinajstić information content (AvgIpc) is 2.60. The molecule has 2 aromatic rings. The van der Waals surface area contributed by atoms with E-state index in [1.807, 2.05) is 24.3 Å². The van der Waals surface area contributed by atoms with Crippen LogP contribution in [-0.2, 0) is 0 Å². The van der Waals surface area contributed by atoms with Crippen molar-refractivity contribution < 1.29 is 4.92 Å². The Bertz CT molecular complexity index is 679. The molecule has 0 bridgehead atoms. The number of nitro groups is 1. The summed E-state index contributed by atoms with van der Waals surface area (Å²) in [6, 6.07) is 13.5. The molecule has 0 atom stereocenters. The summed E-state index contributed by atoms with van der Waals surface area (Å²) in [5, 5.41) is 18.8. The van der Waals surface area contributed by atoms with Crippen LogP contribution in [0.5, 0.6) is 0 Å². The highest BCUT2D eigenvalue weighted by Crippen LogP contribution is 2.23. The number of nitro benzene ring substituents is 1. The smallest absolute Gasteiger partial charge is 0.269 e. The Morgan fingerprint density at radius 2 is 1.33 bits per heavy atom. The fourth-order valence-electron chi connectivity index (χ4n) is 2.17. The van der Waals surface area contributed by atoms with Crippen LogP contribution in [0.15, 0.2) is 58.8 Å². The van der Waals surface area contributed by atoms with Gasteiger partial charge in [-0.05, 0) is 36.4 Å². The van der Waals surface area contributed by atoms with Gasteiger partial charge in [0, 0.05) is 44.0 Å². The lowest BCUT2D eigenvalue weighted by molar-refractivity contribution is -0.384. The van der Waals surface area contributed by atoms with Crippen LogP contribution in [0, 0.1) is 10.1 Å². The molecule has 0 radical (unpaired) electrons. The van der Waals surface area contributed by atoms with Gasteiger partial charge in [-0.25, -0.2) is 0 Å². The zero-order valence-electron chi connectivity index (χ0n) is 13.2. The first kappa shape index (κ1) is 17.5. The zero-order chi connectivity index (χ0) is 17.4. The molecule has 4 N–H and O–H groups in total. The van der Waals surface area contributed by atoms with Crippen LogP contribution < -0.4 is 16.4 Å². The Morgan fingerprint density at radius 1 is 0.875 bits per heavy atom. The molecule has 0 aliphatic heterocycles. The predicted octanol–water partition coefficient (Wildman–Crippen LogP) is 2.73. The molecule has 2 aromatic carbocycles. The Hall–Kier alpha value is -2.84. The van der Waals surface area contributed by atoms with Gasteiger partial charge in [0.25, 0.3) is 5.69 Å². The summed E-state index contributed by atoms with van der Waals surface area (Å²) in [4.78, 5) is 12.3. The summed E-state index contributed by atoms with van der Waals surface area (Å²) < 4.78 is 0. The summed E-state index contributed by atoms with van der Waals surface area (Å²) in [6.45, 7) is 2.59. The van der Waals surface area contributed by atoms with E-state index in [0.717, 1.165) is 18.8 Å². The van der Waals surface area contributed by atoms with E-state index in [9.17, 15) is 10.1 Å². The van der Waals surface area contributed by atoms with E-state index in [2.05, 4.69) is 15.1 Å². The van der Waals surface area contributed by atoms with Gasteiger partial charge in [-0.2, -0.15) is 10.2 Å². The zero-order valence-corrected chi connectivity index (χ0v) is 13.2. The minimum Gasteiger partial charge on any atom is -0.369 e. The van der Waals surface area contributed by atoms with Crippen LogP contribution >= 0.6 is 0 Å². The molecule has 0 spiro atoms. The monoisotopic (exact) mass is 328 g/mol. The lowest BCUT2D eigenvalue weighted by atomic mass is 10.2. The second kappa shape index (κ2) is 8.70. The number of rotatable bonds is 8. The molecule has 0 saturated carbocycles. The molecule has 0 aromatic heterocycles. The van der Waals surface area contributed by atoms with Gasteiger partial charge in [-0.15, -0.1) is 0 Å². The normalized spacial score (nSPS) is 10.9. The molecule has 0 aliphatic carbocycles. The van der Waals surface area contributed by atoms with Gasteiger partial charge in [0.1, 0.15) is 0 Å². The van der Waals surface area contributed by atoms with Gasteiger partial charge in [0.05, 0.1) is 16.3 Å². The first-order valence-corrected chi connectivity index (χ1v) is 7.55. The van der Waals surface area contributed by atoms with E-state index in [1.165, 1.54) is 12.1 Å². The lowest BCUT2D eigenvalue weighted by Gasteiger charge is -2.23. The van der Waals surface area contributed by atoms with E-state index in [1.54, 1.807) is 12.1 Å². The highest BCUT2D eigenvalue weighted by atomic mass is 16.6. The van der Waals surface area contributed by atoms with Crippen LogP contribution in [-0.4, -0.2) is 31.1 Å². The molecule has 0 amide bonds. The fourth-order valence-corrected chi connectivity index (χ4v) is 2.17. The van der Waals surface area contributed by atoms with Crippen molar-refractivity contribution in [1.29, 1.82) is 0 Å². The van der Waals surface area contributed by atoms with Crippen molar-refractivity contribution in [3.63, 3.8) is 0 Å². The Kier molecular flexibility index (Phi) is 6.35. The van der Waals surface area contributed by atoms with Crippen molar-refractivity contribution >= 4 is 22.7 Å². The second-order valence-electron chi connectivity index (χ2n) is 5.05. The van der Waals surface area contributed by atoms with Crippen molar-refractivity contribution in [2.24, 2.45) is 21.7 Å². The van der Waals surface area contributed by atoms with E-state index in [-0.39, 0.29) is 5.69 Å². The van der Waals surface area contributed by atoms with Gasteiger partial charge in [0.15, 0.2) is 0 Å². The minimum absolute atomic E-state index is 0.0261. The maximum Gasteiger partial charge on any atom is 0.269 e. The minimum atomic E-state index is -0.450. The number of azo groups is 1. The first-order chi connectivity index (χ1) is 11.6. The molecule has 126 valence electrons. The van der Waals surface area contributed by atoms with E-state index in [4.69, 9.17) is 11.5 Å². The van der Waals surface area contributed by atoms with Crippen LogP contribution in [0.1, 0.15) is 0 Å². The summed E-state index contributed by atoms with van der Waals surface area (Å²) >= 11 is 0. The molecule has 0 aliphatic rings. The van der Waals surface area contributed by atoms with Gasteiger partial charge in [-0.3, -0.25) is 10.1 Å². The number of anilines is 1. The van der Waals surface area contributed by atoms with Crippen molar-refractivity contribution in [2.45, 2.75) is 0 Å². The highest BCUT2D eigenvalue weighted by molar-refractivity contribution is 5.53. The van der Waals surface area contributed by atoms with Gasteiger partial charge in [0.2, 0.25) is 0 Å². The van der Waals surface area contributed by atoms with E-state index < -0.39 is 4.92 Å². The molecule has 0 saturated heterocycles. The second-order valence-corrected chi connectivity index (χ2v) is 5.05. The standard InChI is InChI=1S/C16H20N6O2/c17-9-11-21(12-10-18)15-5-1-13(2-6-15)19-20-14-3-7-16(8-4-14)22(23)24/h1-8H,9-12,17-18H2. The molecular formula is C16H20N6O2. The van der Waals surface area contributed by atoms with Crippen molar-refractivity contribution in [2.75, 3.05) is 31.1 Å². The van der Waals surface area contributed by atoms with Crippen LogP contribution in [0.25, 0.3) is 0 Å². The van der Waals surface area contributed by atoms with Crippen LogP contribution in [0.4, 0.5) is 22.7 Å². The predicted molar refractivity (Wildman–Crippen MR) is 94.0 cm³/mol. The largest absolute Gasteiger partial charge is 0.369 e. The number of nitrogens with two attached hydrogens (primary N) is 2. The lowest BCUT2D eigenvalue weighted by Crippen LogP contribution is -2.33. The molecule has 24 heavy (non-hydrogen) atoms. The van der Waals surface area contributed by atoms with E-state index >= 15 is 0 Å². The van der Waals surface area contributed by atoms with Gasteiger partial charge >= 0.3 is 0 Å². The quantitative estimate of drug-likeness (QED) is 0.438. The maximum absolute atomic E-state index is 10.6. The van der Waals surface area contributed by atoms with Crippen LogP contribution in [0.3, 0.4) is 0 Å². The first-order valence-electron chi connectivity index (χ1n) is 7.55. The molecule has 0 fully saturated rings. The SMILES string of the molecule is NCCN(CCN)c1ccc(N=Nc2ccc([N+](=O)[O-])cc2)cc1. The summed E-state index contributed by atoms with van der Waals surface area (Å²) in [7, 11) is 0. The molecular weight excluding hydrogens is 308 g/mol. The molecule has 0 unspecified atom stereocenters. The third-order valence-electron chi connectivity index (χ3n) is 3.35. The third-order valence-corrected chi connectivity index (χ3v) is 3.35. The van der Waals surface area contributed by atoms with Crippen molar-refractivity contribution in [3.8, 4) is 0 Å². The van der Waals surface area contributed by atoms with Crippen LogP contribution in [0.2, 0.25) is 0 Å². The highest BCUT2D eigenvalue weighted by Gasteiger charge is 2.05. The Labute approximate surface area is 139 Å². The number of hydrogen-bond donors (Lipinski definition) is 2. The molecule has 0 heterocycles. The van der Waals surface area contributed by atoms with Gasteiger partial charge < -0.3 is 16.4 Å². The average molecular weight is 328 g/mol. The number of non-ortho nitro benzene ring substituents is 1. The maximum atomic E-state index is 10.6. The summed E-state index contributed by atoms with van der Waals surface area (Å²) in [5.74, 6) is 0. The number of hydrogen-bond acceptors (Lipinski definition) is 7. The van der Waals surface area contributed by atoms with Crippen molar-refractivity contribution in [1.82, 2.24) is 0 Å².